The molecule has 1 amide bonds. The van der Waals surface area contributed by atoms with E-state index in [2.05, 4.69) is 5.43 Å². The predicted molar refractivity (Wildman–Crippen MR) is 59.8 cm³/mol. The molecule has 15 heavy (non-hydrogen) atoms. The lowest BCUT2D eigenvalue weighted by Crippen LogP contribution is -2.40. The number of carbonyl (C=O) groups is 1. The molecule has 3 nitrogen and oxygen atoms in total. The van der Waals surface area contributed by atoms with Gasteiger partial charge in [0.1, 0.15) is 0 Å². The van der Waals surface area contributed by atoms with E-state index >= 15 is 0 Å². The van der Waals surface area contributed by atoms with Gasteiger partial charge in [-0.1, -0.05) is 19.3 Å². The molecular formula is C12H22N2O. The van der Waals surface area contributed by atoms with Crippen LogP contribution in [-0.4, -0.2) is 5.91 Å². The molecule has 0 unspecified atom stereocenters. The number of rotatable bonds is 1. The van der Waals surface area contributed by atoms with Crippen LogP contribution >= 0.6 is 0 Å². The number of hydrazine groups is 1. The van der Waals surface area contributed by atoms with E-state index in [-0.39, 0.29) is 11.8 Å². The zero-order valence-corrected chi connectivity index (χ0v) is 9.43. The molecule has 0 aromatic heterocycles. The Morgan fingerprint density at radius 1 is 1.07 bits per heavy atom. The highest BCUT2D eigenvalue weighted by molar-refractivity contribution is 5.78. The largest absolute Gasteiger partial charge is 0.294 e. The molecule has 2 aliphatic carbocycles. The molecule has 86 valence electrons. The first-order valence-corrected chi connectivity index (χ1v) is 6.26. The SMILES string of the molecule is NNC(=O)C1CCC2(CCCCC2)CC1. The van der Waals surface area contributed by atoms with Crippen LogP contribution in [0.1, 0.15) is 57.8 Å². The van der Waals surface area contributed by atoms with Gasteiger partial charge in [0.15, 0.2) is 0 Å². The van der Waals surface area contributed by atoms with Crippen LogP contribution in [0.4, 0.5) is 0 Å². The fourth-order valence-corrected chi connectivity index (χ4v) is 3.41. The van der Waals surface area contributed by atoms with Gasteiger partial charge in [-0.3, -0.25) is 10.2 Å². The number of nitrogens with two attached hydrogens (primary N) is 1. The summed E-state index contributed by atoms with van der Waals surface area (Å²) in [5.41, 5.74) is 2.89. The van der Waals surface area contributed by atoms with Crippen LogP contribution in [0.2, 0.25) is 0 Å². The van der Waals surface area contributed by atoms with Gasteiger partial charge in [0.2, 0.25) is 5.91 Å². The van der Waals surface area contributed by atoms with Crippen molar-refractivity contribution in [2.45, 2.75) is 57.8 Å². The minimum absolute atomic E-state index is 0.0423. The summed E-state index contributed by atoms with van der Waals surface area (Å²) in [6.07, 6.45) is 11.6. The second-order valence-corrected chi connectivity index (χ2v) is 5.34. The number of amides is 1. The normalized spacial score (nSPS) is 26.5. The Bertz CT molecular complexity index is 224. The maximum Gasteiger partial charge on any atom is 0.236 e. The number of hydrogen-bond acceptors (Lipinski definition) is 2. The Kier molecular flexibility index (Phi) is 3.29. The summed E-state index contributed by atoms with van der Waals surface area (Å²) in [7, 11) is 0. The van der Waals surface area contributed by atoms with Gasteiger partial charge in [-0.25, -0.2) is 5.84 Å². The monoisotopic (exact) mass is 210 g/mol. The molecule has 3 heteroatoms. The molecule has 2 rings (SSSR count). The quantitative estimate of drug-likeness (QED) is 0.396. The van der Waals surface area contributed by atoms with Gasteiger partial charge in [-0.15, -0.1) is 0 Å². The third kappa shape index (κ3) is 2.33. The molecule has 0 radical (unpaired) electrons. The molecule has 0 aromatic rings. The molecule has 2 saturated carbocycles. The lowest BCUT2D eigenvalue weighted by molar-refractivity contribution is -0.127. The van der Waals surface area contributed by atoms with Gasteiger partial charge in [0.05, 0.1) is 0 Å². The van der Waals surface area contributed by atoms with Crippen LogP contribution < -0.4 is 11.3 Å². The first kappa shape index (κ1) is 10.9. The summed E-state index contributed by atoms with van der Waals surface area (Å²) in [5, 5.41) is 0. The molecule has 0 heterocycles. The van der Waals surface area contributed by atoms with Crippen molar-refractivity contribution in [2.75, 3.05) is 0 Å². The average Bonchev–Trinajstić information content (AvgIpc) is 2.30. The van der Waals surface area contributed by atoms with Crippen LogP contribution in [-0.2, 0) is 4.79 Å². The minimum atomic E-state index is 0.0423. The van der Waals surface area contributed by atoms with Crippen molar-refractivity contribution in [2.24, 2.45) is 17.2 Å². The van der Waals surface area contributed by atoms with E-state index in [0.29, 0.717) is 5.41 Å². The predicted octanol–water partition coefficient (Wildman–Crippen LogP) is 2.12. The topological polar surface area (TPSA) is 55.1 Å². The molecule has 0 bridgehead atoms. The van der Waals surface area contributed by atoms with Crippen molar-refractivity contribution >= 4 is 5.91 Å². The van der Waals surface area contributed by atoms with Crippen LogP contribution in [0, 0.1) is 11.3 Å². The summed E-state index contributed by atoms with van der Waals surface area (Å²) in [5.74, 6) is 5.40. The molecule has 3 N–H and O–H groups in total. The summed E-state index contributed by atoms with van der Waals surface area (Å²) in [6, 6.07) is 0. The summed E-state index contributed by atoms with van der Waals surface area (Å²) < 4.78 is 0. The van der Waals surface area contributed by atoms with E-state index in [1.54, 1.807) is 0 Å². The van der Waals surface area contributed by atoms with Gasteiger partial charge in [-0.2, -0.15) is 0 Å². The number of hydrogen-bond donors (Lipinski definition) is 2. The number of carbonyl (C=O) groups excluding carboxylic acids is 1. The first-order chi connectivity index (χ1) is 7.26. The van der Waals surface area contributed by atoms with Crippen molar-refractivity contribution in [1.82, 2.24) is 5.43 Å². The highest BCUT2D eigenvalue weighted by atomic mass is 16.2. The maximum atomic E-state index is 11.4. The molecule has 0 aromatic carbocycles. The van der Waals surface area contributed by atoms with Crippen molar-refractivity contribution < 1.29 is 4.79 Å². The van der Waals surface area contributed by atoms with Gasteiger partial charge in [0, 0.05) is 5.92 Å². The van der Waals surface area contributed by atoms with Crippen LogP contribution in [0.25, 0.3) is 0 Å². The second kappa shape index (κ2) is 4.52. The number of nitrogens with one attached hydrogen (secondary N) is 1. The third-order valence-electron chi connectivity index (χ3n) is 4.47. The second-order valence-electron chi connectivity index (χ2n) is 5.34. The Labute approximate surface area is 91.8 Å². The smallest absolute Gasteiger partial charge is 0.236 e. The minimum Gasteiger partial charge on any atom is -0.294 e. The Morgan fingerprint density at radius 3 is 2.20 bits per heavy atom. The highest BCUT2D eigenvalue weighted by Crippen LogP contribution is 2.48. The average molecular weight is 210 g/mol. The van der Waals surface area contributed by atoms with Crippen LogP contribution in [0.3, 0.4) is 0 Å². The standard InChI is InChI=1S/C12H22N2O/c13-14-11(15)10-4-8-12(9-5-10)6-2-1-3-7-12/h10H,1-9,13H2,(H,14,15). The van der Waals surface area contributed by atoms with Gasteiger partial charge >= 0.3 is 0 Å². The summed E-state index contributed by atoms with van der Waals surface area (Å²) >= 11 is 0. The van der Waals surface area contributed by atoms with Crippen molar-refractivity contribution in [3.8, 4) is 0 Å². The molecule has 2 aliphatic rings. The van der Waals surface area contributed by atoms with Crippen molar-refractivity contribution in [3.63, 3.8) is 0 Å². The van der Waals surface area contributed by atoms with E-state index in [4.69, 9.17) is 5.84 Å². The first-order valence-electron chi connectivity index (χ1n) is 6.26. The van der Waals surface area contributed by atoms with Gasteiger partial charge < -0.3 is 0 Å². The Hall–Kier alpha value is -0.570. The molecule has 1 spiro atoms. The fraction of sp³-hybridized carbons (Fsp3) is 0.917. The zero-order valence-electron chi connectivity index (χ0n) is 9.43. The van der Waals surface area contributed by atoms with Gasteiger partial charge in [-0.05, 0) is 43.9 Å². The molecule has 0 aliphatic heterocycles. The van der Waals surface area contributed by atoms with E-state index in [1.165, 1.54) is 44.9 Å². The van der Waals surface area contributed by atoms with E-state index in [0.717, 1.165) is 12.8 Å². The lowest BCUT2D eigenvalue weighted by Gasteiger charge is -2.42. The molecule has 0 atom stereocenters. The molecular weight excluding hydrogens is 188 g/mol. The van der Waals surface area contributed by atoms with Gasteiger partial charge in [0.25, 0.3) is 0 Å². The van der Waals surface area contributed by atoms with E-state index in [1.807, 2.05) is 0 Å². The van der Waals surface area contributed by atoms with Crippen molar-refractivity contribution in [1.29, 1.82) is 0 Å². The summed E-state index contributed by atoms with van der Waals surface area (Å²) in [4.78, 5) is 11.4. The van der Waals surface area contributed by atoms with E-state index in [9.17, 15) is 4.79 Å². The molecule has 0 saturated heterocycles. The lowest BCUT2D eigenvalue weighted by atomic mass is 9.63. The van der Waals surface area contributed by atoms with E-state index < -0.39 is 0 Å². The molecule has 2 fully saturated rings. The van der Waals surface area contributed by atoms with Crippen LogP contribution in [0.15, 0.2) is 0 Å². The fourth-order valence-electron chi connectivity index (χ4n) is 3.41. The maximum absolute atomic E-state index is 11.4. The summed E-state index contributed by atoms with van der Waals surface area (Å²) in [6.45, 7) is 0. The van der Waals surface area contributed by atoms with Crippen LogP contribution in [0.5, 0.6) is 0 Å². The Morgan fingerprint density at radius 2 is 1.67 bits per heavy atom. The highest BCUT2D eigenvalue weighted by Gasteiger charge is 2.37. The third-order valence-corrected chi connectivity index (χ3v) is 4.47. The zero-order chi connectivity index (χ0) is 10.7. The Balaban J connectivity index is 1.88. The van der Waals surface area contributed by atoms with Crippen molar-refractivity contribution in [3.05, 3.63) is 0 Å².